The second-order valence-electron chi connectivity index (χ2n) is 10.6. The van der Waals surface area contributed by atoms with E-state index in [9.17, 15) is 19.5 Å². The summed E-state index contributed by atoms with van der Waals surface area (Å²) >= 11 is 0. The van der Waals surface area contributed by atoms with E-state index in [4.69, 9.17) is 13.9 Å². The lowest BCUT2D eigenvalue weighted by atomic mass is 10.1. The van der Waals surface area contributed by atoms with E-state index >= 15 is 0 Å². The molecule has 0 radical (unpaired) electrons. The Morgan fingerprint density at radius 1 is 1.11 bits per heavy atom. The molecule has 6 rings (SSSR count). The third-order valence-corrected chi connectivity index (χ3v) is 7.71. The number of phenols is 1. The first-order valence-corrected chi connectivity index (χ1v) is 14.1. The van der Waals surface area contributed by atoms with Crippen LogP contribution in [0.3, 0.4) is 0 Å². The van der Waals surface area contributed by atoms with Gasteiger partial charge in [0.25, 0.3) is 5.91 Å². The third-order valence-electron chi connectivity index (χ3n) is 7.71. The second kappa shape index (κ2) is 12.0. The van der Waals surface area contributed by atoms with Gasteiger partial charge < -0.3 is 34.5 Å². The fourth-order valence-electron chi connectivity index (χ4n) is 5.36. The van der Waals surface area contributed by atoms with Gasteiger partial charge in [-0.3, -0.25) is 14.4 Å². The van der Waals surface area contributed by atoms with Crippen molar-refractivity contribution in [2.45, 2.75) is 44.8 Å². The van der Waals surface area contributed by atoms with Crippen molar-refractivity contribution >= 4 is 17.7 Å². The number of hydrogen-bond acceptors (Lipinski definition) is 10. The van der Waals surface area contributed by atoms with Crippen LogP contribution in [0.4, 0.5) is 0 Å². The predicted octanol–water partition coefficient (Wildman–Crippen LogP) is 2.91. The lowest BCUT2D eigenvalue weighted by molar-refractivity contribution is -0.138. The van der Waals surface area contributed by atoms with Crippen LogP contribution in [0.1, 0.15) is 40.2 Å². The topological polar surface area (TPSA) is 169 Å². The van der Waals surface area contributed by atoms with Crippen LogP contribution in [0.15, 0.2) is 59.3 Å². The average molecular weight is 599 g/mol. The number of ether oxygens (including phenoxy) is 2. The summed E-state index contributed by atoms with van der Waals surface area (Å²) < 4.78 is 17.5. The molecular formula is C31H30N6O7. The first-order chi connectivity index (χ1) is 21.3. The van der Waals surface area contributed by atoms with Gasteiger partial charge in [0.1, 0.15) is 17.5 Å². The Hall–Kier alpha value is -5.46. The number of carbonyl (C=O) groups is 3. The SMILES string of the molecule is COc1ccc2cc1Oc1cc(ccc1O)CCC(=O)N1C[C@@H](NC(=O)c3ccnnc3)C[C@H]1C(=O)NCc1nc-2oc1C. The zero-order chi connectivity index (χ0) is 30.8. The molecule has 4 aromatic rings. The van der Waals surface area contributed by atoms with E-state index in [1.165, 1.54) is 36.5 Å². The molecular weight excluding hydrogens is 568 g/mol. The second-order valence-corrected chi connectivity index (χ2v) is 10.6. The molecule has 13 heteroatoms. The molecule has 226 valence electrons. The quantitative estimate of drug-likeness (QED) is 0.319. The summed E-state index contributed by atoms with van der Waals surface area (Å²) in [6, 6.07) is 10.3. The van der Waals surface area contributed by atoms with Crippen LogP contribution in [-0.2, 0) is 22.6 Å². The first kappa shape index (κ1) is 28.6. The Balaban J connectivity index is 1.32. The van der Waals surface area contributed by atoms with E-state index in [0.717, 1.165) is 5.56 Å². The largest absolute Gasteiger partial charge is 0.504 e. The number of hydrogen-bond donors (Lipinski definition) is 3. The van der Waals surface area contributed by atoms with Crippen molar-refractivity contribution in [3.63, 3.8) is 0 Å². The van der Waals surface area contributed by atoms with Crippen LogP contribution in [-0.4, -0.2) is 68.6 Å². The number of carbonyl (C=O) groups excluding carboxylic acids is 3. The van der Waals surface area contributed by atoms with Crippen molar-refractivity contribution in [3.8, 4) is 34.5 Å². The van der Waals surface area contributed by atoms with Crippen LogP contribution < -0.4 is 20.1 Å². The number of phenolic OH excluding ortho intramolecular Hbond substituents is 1. The van der Waals surface area contributed by atoms with Gasteiger partial charge in [0.05, 0.1) is 31.6 Å². The Morgan fingerprint density at radius 3 is 2.77 bits per heavy atom. The molecule has 2 aliphatic rings. The number of methoxy groups -OCH3 is 1. The van der Waals surface area contributed by atoms with Crippen LogP contribution in [0.5, 0.6) is 23.0 Å². The number of benzene rings is 2. The summed E-state index contributed by atoms with van der Waals surface area (Å²) in [6.07, 6.45) is 3.42. The number of nitrogens with one attached hydrogen (secondary N) is 2. The molecule has 2 atom stereocenters. The lowest BCUT2D eigenvalue weighted by Crippen LogP contribution is -2.46. The maximum atomic E-state index is 13.5. The van der Waals surface area contributed by atoms with E-state index in [0.29, 0.717) is 46.4 Å². The van der Waals surface area contributed by atoms with E-state index in [-0.39, 0.29) is 55.2 Å². The van der Waals surface area contributed by atoms with Crippen molar-refractivity contribution in [1.82, 2.24) is 30.7 Å². The molecule has 0 unspecified atom stereocenters. The van der Waals surface area contributed by atoms with E-state index in [2.05, 4.69) is 25.8 Å². The number of rotatable bonds is 3. The summed E-state index contributed by atoms with van der Waals surface area (Å²) in [5.74, 6) is 0.694. The molecule has 44 heavy (non-hydrogen) atoms. The summed E-state index contributed by atoms with van der Waals surface area (Å²) in [5.41, 5.74) is 2.19. The number of nitrogens with zero attached hydrogens (tertiary/aromatic N) is 4. The third kappa shape index (κ3) is 5.89. The molecule has 0 spiro atoms. The molecule has 3 N–H and O–H groups in total. The summed E-state index contributed by atoms with van der Waals surface area (Å²) in [7, 11) is 1.51. The van der Waals surface area contributed by atoms with Gasteiger partial charge in [-0.1, -0.05) is 6.07 Å². The molecule has 0 aliphatic carbocycles. The predicted molar refractivity (Wildman–Crippen MR) is 155 cm³/mol. The van der Waals surface area contributed by atoms with Gasteiger partial charge in [-0.2, -0.15) is 10.2 Å². The van der Waals surface area contributed by atoms with Gasteiger partial charge in [0, 0.05) is 24.6 Å². The molecule has 1 fully saturated rings. The zero-order valence-corrected chi connectivity index (χ0v) is 24.1. The highest BCUT2D eigenvalue weighted by molar-refractivity contribution is 5.94. The van der Waals surface area contributed by atoms with E-state index in [1.54, 1.807) is 37.3 Å². The van der Waals surface area contributed by atoms with Gasteiger partial charge in [0.15, 0.2) is 23.0 Å². The van der Waals surface area contributed by atoms with Crippen molar-refractivity contribution in [1.29, 1.82) is 0 Å². The number of oxazole rings is 1. The van der Waals surface area contributed by atoms with Crippen molar-refractivity contribution < 1.29 is 33.4 Å². The Kier molecular flexibility index (Phi) is 7.84. The van der Waals surface area contributed by atoms with Gasteiger partial charge in [-0.25, -0.2) is 4.98 Å². The Bertz CT molecular complexity index is 1720. The van der Waals surface area contributed by atoms with Crippen LogP contribution >= 0.6 is 0 Å². The monoisotopic (exact) mass is 598 g/mol. The summed E-state index contributed by atoms with van der Waals surface area (Å²) in [6.45, 7) is 1.98. The minimum atomic E-state index is -0.809. The number of fused-ring (bicyclic) bond motifs is 8. The average Bonchev–Trinajstić information content (AvgIpc) is 3.63. The number of aryl methyl sites for hydroxylation is 2. The normalized spacial score (nSPS) is 18.4. The summed E-state index contributed by atoms with van der Waals surface area (Å²) in [4.78, 5) is 45.9. The minimum absolute atomic E-state index is 0.0738. The maximum absolute atomic E-state index is 13.5. The van der Waals surface area contributed by atoms with Crippen LogP contribution in [0, 0.1) is 6.92 Å². The Labute approximate surface area is 252 Å². The highest BCUT2D eigenvalue weighted by atomic mass is 16.5. The Morgan fingerprint density at radius 2 is 1.98 bits per heavy atom. The molecule has 6 bridgehead atoms. The molecule has 2 aliphatic heterocycles. The molecule has 0 saturated carbocycles. The molecule has 4 heterocycles. The number of amides is 3. The molecule has 1 saturated heterocycles. The maximum Gasteiger partial charge on any atom is 0.253 e. The minimum Gasteiger partial charge on any atom is -0.504 e. The van der Waals surface area contributed by atoms with Crippen molar-refractivity contribution in [2.24, 2.45) is 0 Å². The van der Waals surface area contributed by atoms with Crippen molar-refractivity contribution in [3.05, 3.63) is 77.4 Å². The van der Waals surface area contributed by atoms with Crippen LogP contribution in [0.2, 0.25) is 0 Å². The van der Waals surface area contributed by atoms with E-state index in [1.807, 2.05) is 0 Å². The number of aromatic nitrogens is 3. The van der Waals surface area contributed by atoms with Gasteiger partial charge in [-0.05, 0) is 61.7 Å². The molecule has 2 aromatic heterocycles. The summed E-state index contributed by atoms with van der Waals surface area (Å²) in [5, 5.41) is 23.8. The standard InChI is InChI=1S/C31H30N6O7/c1-17-22-15-32-30(41)23-13-21(35-29(40)20-9-10-33-34-14-20)16-37(23)28(39)8-4-18-3-6-24(38)26(11-18)44-27-12-19(31(36-22)43-17)5-7-25(27)42-2/h3,5-7,9-12,14,21,23,38H,4,8,13,15-16H2,1-2H3,(H,32,41)(H,35,40)/t21-,23-/m0/s1. The smallest absolute Gasteiger partial charge is 0.253 e. The highest BCUT2D eigenvalue weighted by Gasteiger charge is 2.40. The zero-order valence-electron chi connectivity index (χ0n) is 24.1. The van der Waals surface area contributed by atoms with Gasteiger partial charge in [0.2, 0.25) is 17.7 Å². The van der Waals surface area contributed by atoms with E-state index < -0.39 is 12.1 Å². The van der Waals surface area contributed by atoms with Crippen molar-refractivity contribution in [2.75, 3.05) is 13.7 Å². The van der Waals surface area contributed by atoms with Crippen LogP contribution in [0.25, 0.3) is 11.5 Å². The lowest BCUT2D eigenvalue weighted by Gasteiger charge is -2.24. The fourth-order valence-corrected chi connectivity index (χ4v) is 5.36. The first-order valence-electron chi connectivity index (χ1n) is 14.1. The fraction of sp³-hybridized carbons (Fsp3) is 0.290. The molecule has 13 nitrogen and oxygen atoms in total. The van der Waals surface area contributed by atoms with Gasteiger partial charge >= 0.3 is 0 Å². The number of aromatic hydroxyl groups is 1. The molecule has 3 amide bonds. The highest BCUT2D eigenvalue weighted by Crippen LogP contribution is 2.39. The van der Waals surface area contributed by atoms with Gasteiger partial charge in [-0.15, -0.1) is 0 Å². The molecule has 2 aromatic carbocycles.